The van der Waals surface area contributed by atoms with Crippen molar-refractivity contribution in [2.24, 2.45) is 0 Å². The Labute approximate surface area is 156 Å². The van der Waals surface area contributed by atoms with Crippen LogP contribution in [0.2, 0.25) is 0 Å². The second-order valence-electron chi connectivity index (χ2n) is 6.53. The minimum Gasteiger partial charge on any atom is -0.495 e. The monoisotopic (exact) mass is 378 g/mol. The van der Waals surface area contributed by atoms with E-state index in [9.17, 15) is 18.0 Å². The van der Waals surface area contributed by atoms with Gasteiger partial charge in [0.05, 0.1) is 18.4 Å². The van der Waals surface area contributed by atoms with Crippen LogP contribution in [0.3, 0.4) is 0 Å². The third kappa shape index (κ3) is 4.18. The minimum atomic E-state index is -4.40. The number of alkyl halides is 3. The molecule has 1 heterocycles. The van der Waals surface area contributed by atoms with Crippen LogP contribution in [0.4, 0.5) is 18.9 Å². The fraction of sp³-hybridized carbons (Fsp3) is 0.350. The van der Waals surface area contributed by atoms with Gasteiger partial charge in [0.25, 0.3) is 5.91 Å². The molecule has 7 heteroatoms. The number of carbonyl (C=O) groups is 1. The lowest BCUT2D eigenvalue weighted by Gasteiger charge is -2.36. The first-order chi connectivity index (χ1) is 12.8. The van der Waals surface area contributed by atoms with Crippen molar-refractivity contribution in [1.82, 2.24) is 4.90 Å². The average molecular weight is 378 g/mol. The minimum absolute atomic E-state index is 0.250. The number of halogens is 3. The molecular formula is C20H21F3N2O2. The predicted molar refractivity (Wildman–Crippen MR) is 97.3 cm³/mol. The third-order valence-electron chi connectivity index (χ3n) is 4.70. The number of nitrogens with zero attached hydrogens (tertiary/aromatic N) is 2. The van der Waals surface area contributed by atoms with E-state index >= 15 is 0 Å². The lowest BCUT2D eigenvalue weighted by Crippen LogP contribution is -2.48. The summed E-state index contributed by atoms with van der Waals surface area (Å²) in [7, 11) is 1.62. The maximum Gasteiger partial charge on any atom is 0.416 e. The number of piperazine rings is 1. The van der Waals surface area contributed by atoms with Crippen LogP contribution in [0, 0.1) is 6.92 Å². The molecule has 0 saturated carbocycles. The predicted octanol–water partition coefficient (Wildman–Crippen LogP) is 3.98. The Morgan fingerprint density at radius 3 is 2.19 bits per heavy atom. The summed E-state index contributed by atoms with van der Waals surface area (Å²) in [6.07, 6.45) is -4.40. The molecule has 1 amide bonds. The number of methoxy groups -OCH3 is 1. The first-order valence-corrected chi connectivity index (χ1v) is 8.65. The Hall–Kier alpha value is -2.70. The van der Waals surface area contributed by atoms with Crippen LogP contribution in [0.1, 0.15) is 21.5 Å². The van der Waals surface area contributed by atoms with Gasteiger partial charge in [-0.25, -0.2) is 0 Å². The molecular weight excluding hydrogens is 357 g/mol. The lowest BCUT2D eigenvalue weighted by atomic mass is 10.1. The first kappa shape index (κ1) is 19.1. The van der Waals surface area contributed by atoms with E-state index in [0.717, 1.165) is 29.1 Å². The van der Waals surface area contributed by atoms with Gasteiger partial charge in [-0.1, -0.05) is 6.07 Å². The van der Waals surface area contributed by atoms with E-state index in [1.165, 1.54) is 12.1 Å². The van der Waals surface area contributed by atoms with Gasteiger partial charge in [0.15, 0.2) is 0 Å². The second kappa shape index (κ2) is 7.50. The summed E-state index contributed by atoms with van der Waals surface area (Å²) in [5, 5.41) is 0. The van der Waals surface area contributed by atoms with E-state index in [4.69, 9.17) is 4.74 Å². The van der Waals surface area contributed by atoms with Crippen molar-refractivity contribution in [3.63, 3.8) is 0 Å². The molecule has 4 nitrogen and oxygen atoms in total. The highest BCUT2D eigenvalue weighted by atomic mass is 19.4. The van der Waals surface area contributed by atoms with Crippen molar-refractivity contribution in [3.05, 3.63) is 59.2 Å². The fourth-order valence-electron chi connectivity index (χ4n) is 3.18. The smallest absolute Gasteiger partial charge is 0.416 e. The van der Waals surface area contributed by atoms with E-state index < -0.39 is 11.7 Å². The normalized spacial score (nSPS) is 15.0. The molecule has 27 heavy (non-hydrogen) atoms. The van der Waals surface area contributed by atoms with E-state index in [1.807, 2.05) is 25.1 Å². The van der Waals surface area contributed by atoms with Crippen LogP contribution in [0.5, 0.6) is 5.75 Å². The van der Waals surface area contributed by atoms with Crippen molar-refractivity contribution in [1.29, 1.82) is 0 Å². The summed E-state index contributed by atoms with van der Waals surface area (Å²) in [5.74, 6) is 0.530. The van der Waals surface area contributed by atoms with E-state index in [-0.39, 0.29) is 11.5 Å². The fourth-order valence-corrected chi connectivity index (χ4v) is 3.18. The van der Waals surface area contributed by atoms with Crippen LogP contribution in [-0.4, -0.2) is 44.1 Å². The van der Waals surface area contributed by atoms with Gasteiger partial charge in [-0.05, 0) is 48.9 Å². The summed E-state index contributed by atoms with van der Waals surface area (Å²) in [4.78, 5) is 16.4. The highest BCUT2D eigenvalue weighted by molar-refractivity contribution is 5.94. The van der Waals surface area contributed by atoms with E-state index in [1.54, 1.807) is 12.0 Å². The van der Waals surface area contributed by atoms with Gasteiger partial charge >= 0.3 is 6.18 Å². The van der Waals surface area contributed by atoms with Gasteiger partial charge in [-0.3, -0.25) is 4.79 Å². The highest BCUT2D eigenvalue weighted by Crippen LogP contribution is 2.31. The Balaban J connectivity index is 1.67. The van der Waals surface area contributed by atoms with Crippen molar-refractivity contribution >= 4 is 11.6 Å². The number of hydrogen-bond donors (Lipinski definition) is 0. The molecule has 144 valence electrons. The molecule has 0 spiro atoms. The summed E-state index contributed by atoms with van der Waals surface area (Å²) >= 11 is 0. The zero-order valence-corrected chi connectivity index (χ0v) is 15.2. The zero-order chi connectivity index (χ0) is 19.6. The molecule has 1 aliphatic heterocycles. The van der Waals surface area contributed by atoms with Crippen LogP contribution in [-0.2, 0) is 6.18 Å². The molecule has 2 aromatic rings. The maximum atomic E-state index is 12.7. The van der Waals surface area contributed by atoms with Gasteiger partial charge in [0, 0.05) is 31.7 Å². The zero-order valence-electron chi connectivity index (χ0n) is 15.2. The number of ether oxygens (including phenoxy) is 1. The number of hydrogen-bond acceptors (Lipinski definition) is 3. The summed E-state index contributed by atoms with van der Waals surface area (Å²) < 4.78 is 43.4. The van der Waals surface area contributed by atoms with Gasteiger partial charge in [0.1, 0.15) is 5.75 Å². The summed E-state index contributed by atoms with van der Waals surface area (Å²) in [6, 6.07) is 10.3. The first-order valence-electron chi connectivity index (χ1n) is 8.65. The van der Waals surface area contributed by atoms with Crippen molar-refractivity contribution in [2.75, 3.05) is 38.2 Å². The Bertz CT molecular complexity index is 811. The molecule has 0 radical (unpaired) electrons. The molecule has 2 aromatic carbocycles. The average Bonchev–Trinajstić information content (AvgIpc) is 2.67. The van der Waals surface area contributed by atoms with Crippen molar-refractivity contribution < 1.29 is 22.7 Å². The summed E-state index contributed by atoms with van der Waals surface area (Å²) in [6.45, 7) is 4.26. The molecule has 1 saturated heterocycles. The Kier molecular flexibility index (Phi) is 5.30. The quantitative estimate of drug-likeness (QED) is 0.810. The number of carbonyl (C=O) groups excluding carboxylic acids is 1. The van der Waals surface area contributed by atoms with Crippen molar-refractivity contribution in [2.45, 2.75) is 13.1 Å². The molecule has 1 aliphatic rings. The van der Waals surface area contributed by atoms with Gasteiger partial charge in [-0.2, -0.15) is 13.2 Å². The lowest BCUT2D eigenvalue weighted by molar-refractivity contribution is -0.137. The molecule has 3 rings (SSSR count). The topological polar surface area (TPSA) is 32.8 Å². The SMILES string of the molecule is COc1ccc(C)cc1N1CCN(C(=O)c2ccc(C(F)(F)F)cc2)CC1. The number of benzene rings is 2. The van der Waals surface area contributed by atoms with Crippen molar-refractivity contribution in [3.8, 4) is 5.75 Å². The van der Waals surface area contributed by atoms with Gasteiger partial charge in [0.2, 0.25) is 0 Å². The molecule has 1 fully saturated rings. The summed E-state index contributed by atoms with van der Waals surface area (Å²) in [5.41, 5.74) is 1.62. The highest BCUT2D eigenvalue weighted by Gasteiger charge is 2.31. The number of amides is 1. The maximum absolute atomic E-state index is 12.7. The van der Waals surface area contributed by atoms with Crippen LogP contribution < -0.4 is 9.64 Å². The Morgan fingerprint density at radius 2 is 1.63 bits per heavy atom. The molecule has 0 atom stereocenters. The van der Waals surface area contributed by atoms with Crippen LogP contribution >= 0.6 is 0 Å². The van der Waals surface area contributed by atoms with E-state index in [0.29, 0.717) is 26.2 Å². The molecule has 0 unspecified atom stereocenters. The molecule has 0 aliphatic carbocycles. The van der Waals surface area contributed by atoms with Gasteiger partial charge in [-0.15, -0.1) is 0 Å². The molecule has 0 bridgehead atoms. The second-order valence-corrected chi connectivity index (χ2v) is 6.53. The van der Waals surface area contributed by atoms with E-state index in [2.05, 4.69) is 4.90 Å². The Morgan fingerprint density at radius 1 is 1.00 bits per heavy atom. The molecule has 0 aromatic heterocycles. The standard InChI is InChI=1S/C20H21F3N2O2/c1-14-3-8-18(27-2)17(13-14)24-9-11-25(12-10-24)19(26)15-4-6-16(7-5-15)20(21,22)23/h3-8,13H,9-12H2,1-2H3. The number of aryl methyl sites for hydroxylation is 1. The number of rotatable bonds is 3. The number of anilines is 1. The third-order valence-corrected chi connectivity index (χ3v) is 4.70. The van der Waals surface area contributed by atoms with Crippen LogP contribution in [0.25, 0.3) is 0 Å². The largest absolute Gasteiger partial charge is 0.495 e. The van der Waals surface area contributed by atoms with Gasteiger partial charge < -0.3 is 14.5 Å². The van der Waals surface area contributed by atoms with Crippen LogP contribution in [0.15, 0.2) is 42.5 Å². The molecule has 0 N–H and O–H groups in total.